The SMILES string of the molecule is CCCCCC[N+](C)(C)C=CC=O. The van der Waals surface area contributed by atoms with Gasteiger partial charge in [0.05, 0.1) is 26.8 Å². The molecule has 0 saturated heterocycles. The molecule has 0 aliphatic heterocycles. The number of nitrogens with zero attached hydrogens (tertiary/aromatic N) is 1. The maximum Gasteiger partial charge on any atom is 0.148 e. The molecule has 0 saturated carbocycles. The number of quaternary nitrogens is 1. The van der Waals surface area contributed by atoms with Crippen molar-refractivity contribution in [3.63, 3.8) is 0 Å². The Kier molecular flexibility index (Phi) is 6.51. The average Bonchev–Trinajstić information content (AvgIpc) is 2.09. The molecule has 76 valence electrons. The number of hydrogen-bond acceptors (Lipinski definition) is 1. The van der Waals surface area contributed by atoms with E-state index < -0.39 is 0 Å². The Morgan fingerprint density at radius 1 is 1.15 bits per heavy atom. The van der Waals surface area contributed by atoms with Crippen molar-refractivity contribution in [3.8, 4) is 0 Å². The minimum atomic E-state index is 0.808. The molecule has 0 aromatic rings. The molecule has 0 amide bonds. The molecule has 0 rings (SSSR count). The Morgan fingerprint density at radius 3 is 2.38 bits per heavy atom. The number of aldehydes is 1. The lowest BCUT2D eigenvalue weighted by Crippen LogP contribution is -2.34. The van der Waals surface area contributed by atoms with Crippen molar-refractivity contribution in [2.75, 3.05) is 20.6 Å². The second kappa shape index (κ2) is 6.84. The van der Waals surface area contributed by atoms with E-state index in [1.165, 1.54) is 25.7 Å². The van der Waals surface area contributed by atoms with Gasteiger partial charge < -0.3 is 4.48 Å². The Hall–Kier alpha value is -0.630. The van der Waals surface area contributed by atoms with Crippen LogP contribution >= 0.6 is 0 Å². The van der Waals surface area contributed by atoms with Gasteiger partial charge >= 0.3 is 0 Å². The highest BCUT2D eigenvalue weighted by molar-refractivity contribution is 5.64. The van der Waals surface area contributed by atoms with Crippen molar-refractivity contribution in [1.29, 1.82) is 0 Å². The molecule has 2 nitrogen and oxygen atoms in total. The number of allylic oxidation sites excluding steroid dienone is 1. The van der Waals surface area contributed by atoms with E-state index in [1.54, 1.807) is 6.08 Å². The molecule has 0 heterocycles. The van der Waals surface area contributed by atoms with Crippen LogP contribution in [-0.2, 0) is 4.79 Å². The molecule has 0 aromatic carbocycles. The predicted octanol–water partition coefficient (Wildman–Crippen LogP) is 2.36. The highest BCUT2D eigenvalue weighted by atomic mass is 16.1. The van der Waals surface area contributed by atoms with E-state index in [9.17, 15) is 4.79 Å². The summed E-state index contributed by atoms with van der Waals surface area (Å²) in [5.74, 6) is 0. The normalized spacial score (nSPS) is 12.2. The standard InChI is InChI=1S/C11H22NO/c1-4-5-6-7-9-12(2,3)10-8-11-13/h8,10-11H,4-7,9H2,1-3H3/q+1. The lowest BCUT2D eigenvalue weighted by Gasteiger charge is -2.24. The molecule has 0 radical (unpaired) electrons. The summed E-state index contributed by atoms with van der Waals surface area (Å²) >= 11 is 0. The summed E-state index contributed by atoms with van der Waals surface area (Å²) in [5, 5.41) is 0. The topological polar surface area (TPSA) is 17.1 Å². The number of unbranched alkanes of at least 4 members (excludes halogenated alkanes) is 3. The van der Waals surface area contributed by atoms with Gasteiger partial charge in [-0.25, -0.2) is 0 Å². The van der Waals surface area contributed by atoms with Gasteiger partial charge in [0.2, 0.25) is 0 Å². The molecular formula is C11H22NO+. The van der Waals surface area contributed by atoms with Crippen molar-refractivity contribution >= 4 is 6.29 Å². The minimum absolute atomic E-state index is 0.808. The third kappa shape index (κ3) is 7.72. The van der Waals surface area contributed by atoms with Crippen LogP contribution < -0.4 is 0 Å². The van der Waals surface area contributed by atoms with E-state index in [1.807, 2.05) is 6.20 Å². The molecule has 0 N–H and O–H groups in total. The molecule has 13 heavy (non-hydrogen) atoms. The van der Waals surface area contributed by atoms with Gasteiger partial charge in [0.15, 0.2) is 0 Å². The molecule has 0 atom stereocenters. The summed E-state index contributed by atoms with van der Waals surface area (Å²) in [6, 6.07) is 0. The summed E-state index contributed by atoms with van der Waals surface area (Å²) < 4.78 is 0.808. The third-order valence-electron chi connectivity index (χ3n) is 2.16. The molecule has 0 unspecified atom stereocenters. The summed E-state index contributed by atoms with van der Waals surface area (Å²) in [6.07, 6.45) is 9.50. The average molecular weight is 184 g/mol. The van der Waals surface area contributed by atoms with Crippen LogP contribution in [0.25, 0.3) is 0 Å². The van der Waals surface area contributed by atoms with Crippen molar-refractivity contribution in [1.82, 2.24) is 0 Å². The lowest BCUT2D eigenvalue weighted by atomic mass is 10.2. The maximum atomic E-state index is 10.1. The van der Waals surface area contributed by atoms with Crippen LogP contribution in [0.3, 0.4) is 0 Å². The zero-order valence-corrected chi connectivity index (χ0v) is 9.12. The Labute approximate surface area is 81.8 Å². The van der Waals surface area contributed by atoms with Gasteiger partial charge in [0.25, 0.3) is 0 Å². The Bertz CT molecular complexity index is 161. The quantitative estimate of drug-likeness (QED) is 0.257. The largest absolute Gasteiger partial charge is 0.302 e. The number of carbonyl (C=O) groups is 1. The number of hydrogen-bond donors (Lipinski definition) is 0. The smallest absolute Gasteiger partial charge is 0.148 e. The van der Waals surface area contributed by atoms with E-state index in [2.05, 4.69) is 21.0 Å². The predicted molar refractivity (Wildman–Crippen MR) is 56.3 cm³/mol. The van der Waals surface area contributed by atoms with Crippen LogP contribution in [0.15, 0.2) is 12.3 Å². The number of rotatable bonds is 7. The molecule has 0 aliphatic rings. The lowest BCUT2D eigenvalue weighted by molar-refractivity contribution is -0.839. The Morgan fingerprint density at radius 2 is 1.85 bits per heavy atom. The summed E-state index contributed by atoms with van der Waals surface area (Å²) in [4.78, 5) is 10.1. The van der Waals surface area contributed by atoms with Gasteiger partial charge in [-0.1, -0.05) is 19.8 Å². The van der Waals surface area contributed by atoms with Crippen LogP contribution in [0.1, 0.15) is 32.6 Å². The van der Waals surface area contributed by atoms with E-state index in [0.717, 1.165) is 17.3 Å². The van der Waals surface area contributed by atoms with Gasteiger partial charge in [-0.2, -0.15) is 0 Å². The molecule has 0 bridgehead atoms. The first-order valence-corrected chi connectivity index (χ1v) is 5.08. The first-order valence-electron chi connectivity index (χ1n) is 5.08. The Balaban J connectivity index is 3.62. The fourth-order valence-corrected chi connectivity index (χ4v) is 1.29. The van der Waals surface area contributed by atoms with Gasteiger partial charge in [0, 0.05) is 6.08 Å². The molecular weight excluding hydrogens is 162 g/mol. The first kappa shape index (κ1) is 12.4. The van der Waals surface area contributed by atoms with E-state index in [4.69, 9.17) is 0 Å². The van der Waals surface area contributed by atoms with Gasteiger partial charge in [0.1, 0.15) is 6.29 Å². The van der Waals surface area contributed by atoms with Crippen LogP contribution in [0.4, 0.5) is 0 Å². The highest BCUT2D eigenvalue weighted by Crippen LogP contribution is 2.05. The molecule has 0 aliphatic carbocycles. The maximum absolute atomic E-state index is 10.1. The second-order valence-electron chi connectivity index (χ2n) is 4.04. The van der Waals surface area contributed by atoms with Crippen LogP contribution in [0, 0.1) is 0 Å². The molecule has 0 aromatic heterocycles. The van der Waals surface area contributed by atoms with Crippen LogP contribution in [0.5, 0.6) is 0 Å². The second-order valence-corrected chi connectivity index (χ2v) is 4.04. The number of carbonyl (C=O) groups excluding carboxylic acids is 1. The summed E-state index contributed by atoms with van der Waals surface area (Å²) in [7, 11) is 4.23. The third-order valence-corrected chi connectivity index (χ3v) is 2.16. The zero-order chi connectivity index (χ0) is 10.2. The molecule has 2 heteroatoms. The van der Waals surface area contributed by atoms with Gasteiger partial charge in [-0.05, 0) is 12.8 Å². The van der Waals surface area contributed by atoms with Crippen molar-refractivity contribution in [3.05, 3.63) is 12.3 Å². The molecule has 0 fully saturated rings. The minimum Gasteiger partial charge on any atom is -0.302 e. The zero-order valence-electron chi connectivity index (χ0n) is 9.12. The van der Waals surface area contributed by atoms with Crippen LogP contribution in [-0.4, -0.2) is 31.4 Å². The van der Waals surface area contributed by atoms with Crippen molar-refractivity contribution in [2.24, 2.45) is 0 Å². The summed E-state index contributed by atoms with van der Waals surface area (Å²) in [6.45, 7) is 3.33. The van der Waals surface area contributed by atoms with Gasteiger partial charge in [-0.3, -0.25) is 4.79 Å². The highest BCUT2D eigenvalue weighted by Gasteiger charge is 2.09. The molecule has 0 spiro atoms. The first-order chi connectivity index (χ1) is 6.12. The van der Waals surface area contributed by atoms with Crippen LogP contribution in [0.2, 0.25) is 0 Å². The van der Waals surface area contributed by atoms with Crippen molar-refractivity contribution in [2.45, 2.75) is 32.6 Å². The monoisotopic (exact) mass is 184 g/mol. The van der Waals surface area contributed by atoms with Gasteiger partial charge in [-0.15, -0.1) is 0 Å². The summed E-state index contributed by atoms with van der Waals surface area (Å²) in [5.41, 5.74) is 0. The van der Waals surface area contributed by atoms with E-state index in [0.29, 0.717) is 0 Å². The van der Waals surface area contributed by atoms with Crippen molar-refractivity contribution < 1.29 is 9.28 Å². The van der Waals surface area contributed by atoms with E-state index >= 15 is 0 Å². The van der Waals surface area contributed by atoms with E-state index in [-0.39, 0.29) is 0 Å². The fourth-order valence-electron chi connectivity index (χ4n) is 1.29. The fraction of sp³-hybridized carbons (Fsp3) is 0.727.